The van der Waals surface area contributed by atoms with Crippen LogP contribution in [-0.4, -0.2) is 23.1 Å². The van der Waals surface area contributed by atoms with Crippen LogP contribution in [0.3, 0.4) is 0 Å². The van der Waals surface area contributed by atoms with Gasteiger partial charge in [-0.3, -0.25) is 0 Å². The summed E-state index contributed by atoms with van der Waals surface area (Å²) in [6.45, 7) is 4.62. The molecule has 0 bridgehead atoms. The van der Waals surface area contributed by atoms with Gasteiger partial charge in [-0.15, -0.1) is 0 Å². The zero-order chi connectivity index (χ0) is 20.8. The van der Waals surface area contributed by atoms with Gasteiger partial charge in [0.2, 0.25) is 5.95 Å². The summed E-state index contributed by atoms with van der Waals surface area (Å²) in [7, 11) is 0. The predicted octanol–water partition coefficient (Wildman–Crippen LogP) is 6.50. The molecule has 1 saturated heterocycles. The standard InChI is InChI=1S/C26H34N4S/c1-17-14-30(12-11-20-13-22(17)20)26-28-24-16-31-15-23(24)25(29-26)27-21-9-7-19(8-10-21)18-5-3-2-4-6-18/h7-10,17-18,20,22H,2-6,11-16H2,1H3,(H,27,28,29)/t17-,20?,22?/m1/s1. The Hall–Kier alpha value is -1.75. The van der Waals surface area contributed by atoms with E-state index in [-0.39, 0.29) is 0 Å². The van der Waals surface area contributed by atoms with Crippen molar-refractivity contribution in [3.63, 3.8) is 0 Å². The van der Waals surface area contributed by atoms with Crippen molar-refractivity contribution in [3.05, 3.63) is 41.1 Å². The monoisotopic (exact) mass is 434 g/mol. The van der Waals surface area contributed by atoms with Crippen LogP contribution in [0.2, 0.25) is 0 Å². The molecule has 1 N–H and O–H groups in total. The normalized spacial score (nSPS) is 28.0. The molecule has 3 atom stereocenters. The summed E-state index contributed by atoms with van der Waals surface area (Å²) in [5.74, 6) is 7.38. The summed E-state index contributed by atoms with van der Waals surface area (Å²) in [5, 5.41) is 3.67. The smallest absolute Gasteiger partial charge is 0.227 e. The van der Waals surface area contributed by atoms with E-state index in [0.29, 0.717) is 0 Å². The van der Waals surface area contributed by atoms with Crippen molar-refractivity contribution in [2.75, 3.05) is 23.3 Å². The van der Waals surface area contributed by atoms with Crippen LogP contribution in [0.1, 0.15) is 74.6 Å². The maximum Gasteiger partial charge on any atom is 0.227 e. The van der Waals surface area contributed by atoms with Gasteiger partial charge in [0, 0.05) is 35.8 Å². The molecule has 31 heavy (non-hydrogen) atoms. The summed E-state index contributed by atoms with van der Waals surface area (Å²) in [5.41, 5.74) is 5.19. The number of aromatic nitrogens is 2. The van der Waals surface area contributed by atoms with E-state index in [1.165, 1.54) is 61.8 Å². The maximum absolute atomic E-state index is 5.08. The molecule has 3 heterocycles. The highest BCUT2D eigenvalue weighted by atomic mass is 32.2. The van der Waals surface area contributed by atoms with Crippen molar-refractivity contribution in [2.24, 2.45) is 17.8 Å². The summed E-state index contributed by atoms with van der Waals surface area (Å²) >= 11 is 1.96. The highest BCUT2D eigenvalue weighted by Crippen LogP contribution is 2.49. The number of anilines is 3. The van der Waals surface area contributed by atoms with Gasteiger partial charge in [0.25, 0.3) is 0 Å². The Morgan fingerprint density at radius 1 is 1.00 bits per heavy atom. The van der Waals surface area contributed by atoms with Gasteiger partial charge in [0.1, 0.15) is 5.82 Å². The second-order valence-corrected chi connectivity index (χ2v) is 11.2. The summed E-state index contributed by atoms with van der Waals surface area (Å²) in [6.07, 6.45) is 9.62. The molecular formula is C26H34N4S. The third-order valence-electron chi connectivity index (χ3n) is 8.09. The van der Waals surface area contributed by atoms with Crippen molar-refractivity contribution in [3.8, 4) is 0 Å². The second kappa shape index (κ2) is 8.31. The van der Waals surface area contributed by atoms with E-state index in [2.05, 4.69) is 41.4 Å². The van der Waals surface area contributed by atoms with Crippen LogP contribution in [0.5, 0.6) is 0 Å². The van der Waals surface area contributed by atoms with Gasteiger partial charge in [0.05, 0.1) is 5.69 Å². The number of hydrogen-bond donors (Lipinski definition) is 1. The Morgan fingerprint density at radius 3 is 2.68 bits per heavy atom. The minimum absolute atomic E-state index is 0.752. The molecule has 2 unspecified atom stereocenters. The van der Waals surface area contributed by atoms with Gasteiger partial charge in [0.15, 0.2) is 0 Å². The molecule has 5 heteroatoms. The van der Waals surface area contributed by atoms with E-state index in [4.69, 9.17) is 9.97 Å². The van der Waals surface area contributed by atoms with Crippen LogP contribution in [0.25, 0.3) is 0 Å². The lowest BCUT2D eigenvalue weighted by molar-refractivity contribution is 0.443. The molecule has 1 aromatic heterocycles. The lowest BCUT2D eigenvalue weighted by Gasteiger charge is -2.25. The third-order valence-corrected chi connectivity index (χ3v) is 9.06. The molecule has 4 aliphatic rings. The highest BCUT2D eigenvalue weighted by molar-refractivity contribution is 7.98. The summed E-state index contributed by atoms with van der Waals surface area (Å²) in [6, 6.07) is 9.17. The van der Waals surface area contributed by atoms with E-state index in [9.17, 15) is 0 Å². The van der Waals surface area contributed by atoms with Crippen molar-refractivity contribution in [1.82, 2.24) is 9.97 Å². The van der Waals surface area contributed by atoms with E-state index < -0.39 is 0 Å². The summed E-state index contributed by atoms with van der Waals surface area (Å²) in [4.78, 5) is 12.6. The molecular weight excluding hydrogens is 400 g/mol. The molecule has 2 aromatic rings. The van der Waals surface area contributed by atoms with Gasteiger partial charge < -0.3 is 10.2 Å². The lowest BCUT2D eigenvalue weighted by Crippen LogP contribution is -2.30. The van der Waals surface area contributed by atoms with Crippen molar-refractivity contribution >= 4 is 29.2 Å². The first-order valence-corrected chi connectivity index (χ1v) is 13.5. The number of fused-ring (bicyclic) bond motifs is 2. The number of thioether (sulfide) groups is 1. The fourth-order valence-electron chi connectivity index (χ4n) is 6.07. The lowest BCUT2D eigenvalue weighted by atomic mass is 9.84. The minimum atomic E-state index is 0.752. The third kappa shape index (κ3) is 4.06. The molecule has 0 amide bonds. The molecule has 6 rings (SSSR count). The average molecular weight is 435 g/mol. The van der Waals surface area contributed by atoms with E-state index >= 15 is 0 Å². The molecule has 4 nitrogen and oxygen atoms in total. The maximum atomic E-state index is 5.08. The molecule has 0 radical (unpaired) electrons. The Labute approximate surface area is 190 Å². The van der Waals surface area contributed by atoms with Crippen LogP contribution in [0.15, 0.2) is 24.3 Å². The van der Waals surface area contributed by atoms with Gasteiger partial charge in [-0.1, -0.05) is 38.3 Å². The van der Waals surface area contributed by atoms with E-state index in [0.717, 1.165) is 65.7 Å². The number of benzene rings is 1. The van der Waals surface area contributed by atoms with Gasteiger partial charge in [-0.05, 0) is 67.1 Å². The molecule has 2 aliphatic carbocycles. The molecule has 0 spiro atoms. The fraction of sp³-hybridized carbons (Fsp3) is 0.615. The van der Waals surface area contributed by atoms with Crippen LogP contribution < -0.4 is 10.2 Å². The van der Waals surface area contributed by atoms with Gasteiger partial charge in [-0.2, -0.15) is 16.7 Å². The van der Waals surface area contributed by atoms with Crippen LogP contribution in [-0.2, 0) is 11.5 Å². The number of hydrogen-bond acceptors (Lipinski definition) is 5. The van der Waals surface area contributed by atoms with E-state index in [1.54, 1.807) is 0 Å². The minimum Gasteiger partial charge on any atom is -0.340 e. The first kappa shape index (κ1) is 19.9. The first-order valence-electron chi connectivity index (χ1n) is 12.3. The zero-order valence-corrected chi connectivity index (χ0v) is 19.5. The first-order chi connectivity index (χ1) is 15.2. The van der Waals surface area contributed by atoms with Crippen molar-refractivity contribution in [2.45, 2.75) is 69.3 Å². The number of nitrogens with zero attached hydrogens (tertiary/aromatic N) is 3. The van der Waals surface area contributed by atoms with Crippen LogP contribution in [0.4, 0.5) is 17.5 Å². The predicted molar refractivity (Wildman–Crippen MR) is 130 cm³/mol. The number of rotatable bonds is 4. The number of nitrogens with one attached hydrogen (secondary N) is 1. The topological polar surface area (TPSA) is 41.1 Å². The van der Waals surface area contributed by atoms with Gasteiger partial charge in [-0.25, -0.2) is 4.98 Å². The Bertz CT molecular complexity index is 937. The van der Waals surface area contributed by atoms with Gasteiger partial charge >= 0.3 is 0 Å². The fourth-order valence-corrected chi connectivity index (χ4v) is 7.11. The molecule has 164 valence electrons. The van der Waals surface area contributed by atoms with E-state index in [1.807, 2.05) is 11.8 Å². The quantitative estimate of drug-likeness (QED) is 0.595. The highest BCUT2D eigenvalue weighted by Gasteiger charge is 2.43. The molecule has 2 aliphatic heterocycles. The zero-order valence-electron chi connectivity index (χ0n) is 18.6. The SMILES string of the molecule is C[C@@H]1CN(c2nc3c(c(Nc4ccc(C5CCCCC5)cc4)n2)CSC3)CCC2CC21. The molecule has 2 saturated carbocycles. The Balaban J connectivity index is 1.24. The van der Waals surface area contributed by atoms with Crippen molar-refractivity contribution in [1.29, 1.82) is 0 Å². The molecule has 3 fully saturated rings. The Kier molecular flexibility index (Phi) is 5.33. The largest absolute Gasteiger partial charge is 0.340 e. The summed E-state index contributed by atoms with van der Waals surface area (Å²) < 4.78 is 0. The van der Waals surface area contributed by atoms with Crippen LogP contribution in [0, 0.1) is 17.8 Å². The van der Waals surface area contributed by atoms with Crippen LogP contribution >= 0.6 is 11.8 Å². The second-order valence-electron chi connectivity index (χ2n) is 10.2. The average Bonchev–Trinajstić information content (AvgIpc) is 3.46. The Morgan fingerprint density at radius 2 is 1.84 bits per heavy atom. The molecule has 1 aromatic carbocycles. The van der Waals surface area contributed by atoms with Crippen molar-refractivity contribution < 1.29 is 0 Å².